The Balaban J connectivity index is 2.00. The molecule has 3 unspecified atom stereocenters. The van der Waals surface area contributed by atoms with Crippen LogP contribution in [-0.4, -0.2) is 23.3 Å². The molecule has 0 spiro atoms. The highest BCUT2D eigenvalue weighted by Gasteiger charge is 2.57. The number of carbonyl (C=O) groups excluding carboxylic acids is 1. The van der Waals surface area contributed by atoms with E-state index in [1.165, 1.54) is 0 Å². The van der Waals surface area contributed by atoms with Crippen LogP contribution >= 0.6 is 0 Å². The SMILES string of the molecule is C=C1C(=O)OC2C1CC[C@]1(C)C2C(=C)CC[C@H]1O. The molecule has 1 N–H and O–H groups in total. The van der Waals surface area contributed by atoms with Gasteiger partial charge in [-0.15, -0.1) is 0 Å². The van der Waals surface area contributed by atoms with Gasteiger partial charge in [-0.25, -0.2) is 4.79 Å². The molecule has 2 saturated carbocycles. The van der Waals surface area contributed by atoms with Crippen LogP contribution in [0.15, 0.2) is 24.3 Å². The van der Waals surface area contributed by atoms with Crippen molar-refractivity contribution in [2.75, 3.05) is 0 Å². The molecule has 0 aromatic rings. The molecule has 1 heterocycles. The largest absolute Gasteiger partial charge is 0.458 e. The van der Waals surface area contributed by atoms with Crippen LogP contribution < -0.4 is 0 Å². The number of carbonyl (C=O) groups is 1. The standard InChI is InChI=1S/C15H20O3/c1-8-4-5-11(16)15(3)7-6-10-9(2)14(17)18-13(10)12(8)15/h10-13,16H,1-2,4-7H2,3H3/t10?,11-,12?,13?,15+/m1/s1. The van der Waals surface area contributed by atoms with Gasteiger partial charge in [-0.05, 0) is 25.7 Å². The number of fused-ring (bicyclic) bond motifs is 3. The molecule has 5 atom stereocenters. The van der Waals surface area contributed by atoms with Gasteiger partial charge in [-0.2, -0.15) is 0 Å². The Labute approximate surface area is 108 Å². The van der Waals surface area contributed by atoms with E-state index >= 15 is 0 Å². The summed E-state index contributed by atoms with van der Waals surface area (Å²) in [6.45, 7) is 10.1. The smallest absolute Gasteiger partial charge is 0.334 e. The first-order chi connectivity index (χ1) is 8.45. The van der Waals surface area contributed by atoms with E-state index in [9.17, 15) is 9.90 Å². The minimum absolute atomic E-state index is 0.0863. The summed E-state index contributed by atoms with van der Waals surface area (Å²) in [6.07, 6.45) is 2.93. The van der Waals surface area contributed by atoms with Crippen molar-refractivity contribution in [3.8, 4) is 0 Å². The Morgan fingerprint density at radius 1 is 1.39 bits per heavy atom. The summed E-state index contributed by atoms with van der Waals surface area (Å²) >= 11 is 0. The molecule has 3 rings (SSSR count). The molecule has 98 valence electrons. The summed E-state index contributed by atoms with van der Waals surface area (Å²) in [6, 6.07) is 0. The third-order valence-corrected chi connectivity index (χ3v) is 5.32. The van der Waals surface area contributed by atoms with Gasteiger partial charge < -0.3 is 9.84 Å². The second-order valence-electron chi connectivity index (χ2n) is 6.24. The van der Waals surface area contributed by atoms with Crippen molar-refractivity contribution in [1.82, 2.24) is 0 Å². The van der Waals surface area contributed by atoms with Crippen molar-refractivity contribution < 1.29 is 14.6 Å². The van der Waals surface area contributed by atoms with E-state index in [1.54, 1.807) is 0 Å². The van der Waals surface area contributed by atoms with Crippen LogP contribution in [0.4, 0.5) is 0 Å². The van der Waals surface area contributed by atoms with Crippen LogP contribution in [0, 0.1) is 17.3 Å². The van der Waals surface area contributed by atoms with E-state index in [-0.39, 0.29) is 35.4 Å². The second-order valence-corrected chi connectivity index (χ2v) is 6.24. The zero-order valence-corrected chi connectivity index (χ0v) is 10.8. The molecular weight excluding hydrogens is 228 g/mol. The number of ether oxygens (including phenoxy) is 1. The van der Waals surface area contributed by atoms with E-state index in [2.05, 4.69) is 20.1 Å². The molecule has 2 aliphatic carbocycles. The summed E-state index contributed by atoms with van der Waals surface area (Å²) in [7, 11) is 0. The van der Waals surface area contributed by atoms with E-state index in [1.807, 2.05) is 0 Å². The molecule has 0 amide bonds. The first kappa shape index (κ1) is 12.0. The monoisotopic (exact) mass is 248 g/mol. The molecular formula is C15H20O3. The lowest BCUT2D eigenvalue weighted by atomic mass is 9.54. The molecule has 0 aromatic carbocycles. The Bertz CT molecular complexity index is 439. The highest BCUT2D eigenvalue weighted by atomic mass is 16.6. The molecule has 1 aliphatic heterocycles. The number of rotatable bonds is 0. The van der Waals surface area contributed by atoms with Crippen molar-refractivity contribution in [3.63, 3.8) is 0 Å². The normalized spacial score (nSPS) is 47.6. The number of aliphatic hydroxyl groups excluding tert-OH is 1. The highest BCUT2D eigenvalue weighted by molar-refractivity contribution is 5.91. The number of hydrogen-bond acceptors (Lipinski definition) is 3. The fourth-order valence-electron chi connectivity index (χ4n) is 4.15. The van der Waals surface area contributed by atoms with Crippen LogP contribution in [0.25, 0.3) is 0 Å². The predicted octanol–water partition coefficient (Wildman–Crippen LogP) is 2.21. The zero-order valence-electron chi connectivity index (χ0n) is 10.8. The minimum atomic E-state index is -0.318. The van der Waals surface area contributed by atoms with Crippen molar-refractivity contribution in [1.29, 1.82) is 0 Å². The summed E-state index contributed by atoms with van der Waals surface area (Å²) in [5.74, 6) is -0.0528. The van der Waals surface area contributed by atoms with Crippen molar-refractivity contribution >= 4 is 5.97 Å². The highest BCUT2D eigenvalue weighted by Crippen LogP contribution is 2.57. The molecule has 1 saturated heterocycles. The fraction of sp³-hybridized carbons (Fsp3) is 0.667. The summed E-state index contributed by atoms with van der Waals surface area (Å²) in [5, 5.41) is 10.3. The maximum atomic E-state index is 11.7. The maximum absolute atomic E-state index is 11.7. The third-order valence-electron chi connectivity index (χ3n) is 5.32. The first-order valence-corrected chi connectivity index (χ1v) is 6.70. The molecule has 0 bridgehead atoms. The lowest BCUT2D eigenvalue weighted by molar-refractivity contribution is -0.150. The predicted molar refractivity (Wildman–Crippen MR) is 67.7 cm³/mol. The van der Waals surface area contributed by atoms with Gasteiger partial charge in [-0.1, -0.05) is 25.7 Å². The third kappa shape index (κ3) is 1.37. The van der Waals surface area contributed by atoms with Crippen LogP contribution in [0.1, 0.15) is 32.6 Å². The van der Waals surface area contributed by atoms with Gasteiger partial charge in [-0.3, -0.25) is 0 Å². The van der Waals surface area contributed by atoms with Gasteiger partial charge in [0.05, 0.1) is 6.10 Å². The lowest BCUT2D eigenvalue weighted by Gasteiger charge is -2.52. The summed E-state index contributed by atoms with van der Waals surface area (Å²) in [4.78, 5) is 11.7. The molecule has 3 aliphatic rings. The van der Waals surface area contributed by atoms with E-state index in [0.717, 1.165) is 31.3 Å². The van der Waals surface area contributed by atoms with Gasteiger partial charge in [0.15, 0.2) is 0 Å². The topological polar surface area (TPSA) is 46.5 Å². The average Bonchev–Trinajstić information content (AvgIpc) is 2.60. The van der Waals surface area contributed by atoms with Crippen LogP contribution in [-0.2, 0) is 9.53 Å². The number of esters is 1. The number of hydrogen-bond donors (Lipinski definition) is 1. The van der Waals surface area contributed by atoms with Crippen LogP contribution in [0.3, 0.4) is 0 Å². The van der Waals surface area contributed by atoms with E-state index in [4.69, 9.17) is 4.74 Å². The summed E-state index contributed by atoms with van der Waals surface area (Å²) < 4.78 is 5.52. The molecule has 3 heteroatoms. The van der Waals surface area contributed by atoms with E-state index < -0.39 is 0 Å². The van der Waals surface area contributed by atoms with Gasteiger partial charge in [0.2, 0.25) is 0 Å². The second kappa shape index (κ2) is 3.70. The average molecular weight is 248 g/mol. The van der Waals surface area contributed by atoms with Gasteiger partial charge in [0.25, 0.3) is 0 Å². The Morgan fingerprint density at radius 3 is 2.83 bits per heavy atom. The van der Waals surface area contributed by atoms with Crippen molar-refractivity contribution in [2.45, 2.75) is 44.8 Å². The first-order valence-electron chi connectivity index (χ1n) is 6.70. The Kier molecular flexibility index (Phi) is 2.46. The molecule has 3 fully saturated rings. The van der Waals surface area contributed by atoms with Crippen LogP contribution in [0.5, 0.6) is 0 Å². The van der Waals surface area contributed by atoms with E-state index in [0.29, 0.717) is 5.57 Å². The quantitative estimate of drug-likeness (QED) is 0.406. The molecule has 0 radical (unpaired) electrons. The fourth-order valence-corrected chi connectivity index (χ4v) is 4.15. The van der Waals surface area contributed by atoms with Gasteiger partial charge in [0, 0.05) is 22.8 Å². The maximum Gasteiger partial charge on any atom is 0.334 e. The minimum Gasteiger partial charge on any atom is -0.458 e. The molecule has 18 heavy (non-hydrogen) atoms. The zero-order chi connectivity index (χ0) is 13.1. The Morgan fingerprint density at radius 2 is 2.11 bits per heavy atom. The van der Waals surface area contributed by atoms with Crippen molar-refractivity contribution in [2.24, 2.45) is 17.3 Å². The summed E-state index contributed by atoms with van der Waals surface area (Å²) in [5.41, 5.74) is 1.54. The lowest BCUT2D eigenvalue weighted by Crippen LogP contribution is -2.53. The van der Waals surface area contributed by atoms with Gasteiger partial charge in [0.1, 0.15) is 6.10 Å². The number of aliphatic hydroxyl groups is 1. The Hall–Kier alpha value is -1.09. The molecule has 0 aromatic heterocycles. The van der Waals surface area contributed by atoms with Gasteiger partial charge >= 0.3 is 5.97 Å². The van der Waals surface area contributed by atoms with Crippen LogP contribution in [0.2, 0.25) is 0 Å². The van der Waals surface area contributed by atoms with Crippen molar-refractivity contribution in [3.05, 3.63) is 24.3 Å². The molecule has 3 nitrogen and oxygen atoms in total.